The van der Waals surface area contributed by atoms with Gasteiger partial charge in [0.2, 0.25) is 0 Å². The molecule has 7 heteroatoms. The molecule has 0 saturated heterocycles. The van der Waals surface area contributed by atoms with Crippen LogP contribution in [0.1, 0.15) is 5.56 Å². The number of anilines is 1. The smallest absolute Gasteiger partial charge is 0.266 e. The first-order chi connectivity index (χ1) is 12.0. The van der Waals surface area contributed by atoms with E-state index in [1.54, 1.807) is 30.3 Å². The number of hydrogen-bond acceptors (Lipinski definition) is 4. The maximum atomic E-state index is 12.4. The van der Waals surface area contributed by atoms with Crippen LogP contribution >= 0.6 is 27.5 Å². The molecule has 0 bridgehead atoms. The Morgan fingerprint density at radius 2 is 1.88 bits per heavy atom. The molecule has 25 heavy (non-hydrogen) atoms. The van der Waals surface area contributed by atoms with Crippen molar-refractivity contribution >= 4 is 45.2 Å². The van der Waals surface area contributed by atoms with Crippen LogP contribution in [0.15, 0.2) is 46.4 Å². The van der Waals surface area contributed by atoms with Gasteiger partial charge in [0, 0.05) is 15.7 Å². The molecule has 1 amide bonds. The zero-order chi connectivity index (χ0) is 18.4. The van der Waals surface area contributed by atoms with Crippen molar-refractivity contribution in [2.24, 2.45) is 0 Å². The minimum atomic E-state index is -0.550. The van der Waals surface area contributed by atoms with Crippen LogP contribution in [0.4, 0.5) is 5.69 Å². The Morgan fingerprint density at radius 3 is 2.48 bits per heavy atom. The van der Waals surface area contributed by atoms with Gasteiger partial charge in [-0.1, -0.05) is 27.5 Å². The molecule has 1 N–H and O–H groups in total. The van der Waals surface area contributed by atoms with Crippen LogP contribution in [-0.2, 0) is 4.79 Å². The van der Waals surface area contributed by atoms with Crippen molar-refractivity contribution < 1.29 is 14.3 Å². The third kappa shape index (κ3) is 4.75. The molecule has 0 aromatic heterocycles. The number of nitrogens with one attached hydrogen (secondary N) is 1. The highest BCUT2D eigenvalue weighted by Crippen LogP contribution is 2.28. The van der Waals surface area contributed by atoms with E-state index < -0.39 is 5.91 Å². The molecular formula is C18H14BrClN2O3. The standard InChI is InChI=1S/C18H14BrClN2O3/c1-24-16-5-3-13(19)8-11(16)7-12(10-21)18(23)22-14-4-6-17(25-2)15(20)9-14/h3-9H,1-2H3,(H,22,23)/b12-7+. The summed E-state index contributed by atoms with van der Waals surface area (Å²) in [5.74, 6) is 0.497. The number of hydrogen-bond donors (Lipinski definition) is 1. The van der Waals surface area contributed by atoms with E-state index in [-0.39, 0.29) is 5.57 Å². The molecule has 0 aliphatic rings. The summed E-state index contributed by atoms with van der Waals surface area (Å²) in [4.78, 5) is 12.4. The number of carbonyl (C=O) groups excluding carboxylic acids is 1. The maximum absolute atomic E-state index is 12.4. The number of methoxy groups -OCH3 is 2. The van der Waals surface area contributed by atoms with E-state index in [9.17, 15) is 10.1 Å². The van der Waals surface area contributed by atoms with Gasteiger partial charge in [0.15, 0.2) is 0 Å². The average molecular weight is 422 g/mol. The number of rotatable bonds is 5. The molecule has 2 aromatic rings. The lowest BCUT2D eigenvalue weighted by Crippen LogP contribution is -2.13. The maximum Gasteiger partial charge on any atom is 0.266 e. The number of benzene rings is 2. The molecule has 0 fully saturated rings. The Balaban J connectivity index is 2.29. The normalized spacial score (nSPS) is 10.8. The van der Waals surface area contributed by atoms with Crippen molar-refractivity contribution in [1.82, 2.24) is 0 Å². The zero-order valence-electron chi connectivity index (χ0n) is 13.5. The van der Waals surface area contributed by atoms with Gasteiger partial charge in [-0.2, -0.15) is 5.26 Å². The zero-order valence-corrected chi connectivity index (χ0v) is 15.8. The van der Waals surface area contributed by atoms with Crippen molar-refractivity contribution in [2.75, 3.05) is 19.5 Å². The fourth-order valence-electron chi connectivity index (χ4n) is 2.06. The first-order valence-electron chi connectivity index (χ1n) is 7.08. The van der Waals surface area contributed by atoms with Crippen molar-refractivity contribution in [3.63, 3.8) is 0 Å². The van der Waals surface area contributed by atoms with Gasteiger partial charge in [0.05, 0.1) is 19.2 Å². The predicted molar refractivity (Wildman–Crippen MR) is 101 cm³/mol. The minimum Gasteiger partial charge on any atom is -0.496 e. The minimum absolute atomic E-state index is 0.0664. The molecular weight excluding hydrogens is 408 g/mol. The van der Waals surface area contributed by atoms with Crippen LogP contribution in [-0.4, -0.2) is 20.1 Å². The molecule has 0 aliphatic carbocycles. The molecule has 0 aliphatic heterocycles. The predicted octanol–water partition coefficient (Wildman–Crippen LogP) is 4.67. The molecule has 2 aromatic carbocycles. The first kappa shape index (κ1) is 18.8. The van der Waals surface area contributed by atoms with Crippen molar-refractivity contribution in [2.45, 2.75) is 0 Å². The Hall–Kier alpha value is -2.49. The number of halogens is 2. The summed E-state index contributed by atoms with van der Waals surface area (Å²) in [5, 5.41) is 12.3. The lowest BCUT2D eigenvalue weighted by molar-refractivity contribution is -0.112. The molecule has 128 valence electrons. The SMILES string of the molecule is COc1ccc(NC(=O)/C(C#N)=C/c2cc(Br)ccc2OC)cc1Cl. The Morgan fingerprint density at radius 1 is 1.20 bits per heavy atom. The highest BCUT2D eigenvalue weighted by atomic mass is 79.9. The summed E-state index contributed by atoms with van der Waals surface area (Å²) < 4.78 is 11.1. The van der Waals surface area contributed by atoms with E-state index >= 15 is 0 Å². The monoisotopic (exact) mass is 420 g/mol. The van der Waals surface area contributed by atoms with E-state index in [1.807, 2.05) is 12.1 Å². The van der Waals surface area contributed by atoms with E-state index in [1.165, 1.54) is 20.3 Å². The molecule has 0 unspecified atom stereocenters. The van der Waals surface area contributed by atoms with Crippen LogP contribution < -0.4 is 14.8 Å². The average Bonchev–Trinajstić information content (AvgIpc) is 2.59. The number of ether oxygens (including phenoxy) is 2. The van der Waals surface area contributed by atoms with Gasteiger partial charge in [-0.3, -0.25) is 4.79 Å². The number of nitrogens with zero attached hydrogens (tertiary/aromatic N) is 1. The van der Waals surface area contributed by atoms with Gasteiger partial charge >= 0.3 is 0 Å². The fourth-order valence-corrected chi connectivity index (χ4v) is 2.70. The van der Waals surface area contributed by atoms with Gasteiger partial charge in [0.1, 0.15) is 23.1 Å². The summed E-state index contributed by atoms with van der Waals surface area (Å²) in [7, 11) is 3.02. The van der Waals surface area contributed by atoms with Crippen molar-refractivity contribution in [3.8, 4) is 17.6 Å². The van der Waals surface area contributed by atoms with Gasteiger partial charge in [0.25, 0.3) is 5.91 Å². The fraction of sp³-hybridized carbons (Fsp3) is 0.111. The van der Waals surface area contributed by atoms with Crippen LogP contribution in [0.5, 0.6) is 11.5 Å². The van der Waals surface area contributed by atoms with Gasteiger partial charge in [-0.05, 0) is 42.5 Å². The second-order valence-corrected chi connectivity index (χ2v) is 6.18. The van der Waals surface area contributed by atoms with Crippen molar-refractivity contribution in [1.29, 1.82) is 5.26 Å². The summed E-state index contributed by atoms with van der Waals surface area (Å²) >= 11 is 9.39. The van der Waals surface area contributed by atoms with Gasteiger partial charge in [-0.15, -0.1) is 0 Å². The van der Waals surface area contributed by atoms with Crippen LogP contribution in [0.25, 0.3) is 6.08 Å². The second-order valence-electron chi connectivity index (χ2n) is 4.86. The van der Waals surface area contributed by atoms with Crippen LogP contribution in [0, 0.1) is 11.3 Å². The highest BCUT2D eigenvalue weighted by Gasteiger charge is 2.12. The number of amides is 1. The van der Waals surface area contributed by atoms with E-state index in [4.69, 9.17) is 21.1 Å². The molecule has 0 saturated carbocycles. The Kier molecular flexibility index (Phi) is 6.45. The quantitative estimate of drug-likeness (QED) is 0.563. The van der Waals surface area contributed by atoms with E-state index in [0.29, 0.717) is 27.8 Å². The molecule has 0 atom stereocenters. The van der Waals surface area contributed by atoms with Crippen LogP contribution in [0.2, 0.25) is 5.02 Å². The summed E-state index contributed by atoms with van der Waals surface area (Å²) in [6.07, 6.45) is 1.46. The largest absolute Gasteiger partial charge is 0.496 e. The first-order valence-corrected chi connectivity index (χ1v) is 8.25. The number of nitriles is 1. The van der Waals surface area contributed by atoms with Crippen molar-refractivity contribution in [3.05, 3.63) is 57.0 Å². The lowest BCUT2D eigenvalue weighted by Gasteiger charge is -2.08. The lowest BCUT2D eigenvalue weighted by atomic mass is 10.1. The molecule has 0 spiro atoms. The Bertz CT molecular complexity index is 875. The summed E-state index contributed by atoms with van der Waals surface area (Å²) in [5.41, 5.74) is 0.998. The van der Waals surface area contributed by atoms with Gasteiger partial charge < -0.3 is 14.8 Å². The topological polar surface area (TPSA) is 71.3 Å². The molecule has 0 radical (unpaired) electrons. The van der Waals surface area contributed by atoms with E-state index in [2.05, 4.69) is 21.2 Å². The molecule has 2 rings (SSSR count). The summed E-state index contributed by atoms with van der Waals surface area (Å²) in [6, 6.07) is 12.0. The highest BCUT2D eigenvalue weighted by molar-refractivity contribution is 9.10. The van der Waals surface area contributed by atoms with Crippen LogP contribution in [0.3, 0.4) is 0 Å². The van der Waals surface area contributed by atoms with E-state index in [0.717, 1.165) is 4.47 Å². The summed E-state index contributed by atoms with van der Waals surface area (Å²) in [6.45, 7) is 0. The third-order valence-corrected chi connectivity index (χ3v) is 4.05. The third-order valence-electron chi connectivity index (χ3n) is 3.27. The molecule has 5 nitrogen and oxygen atoms in total. The number of carbonyl (C=O) groups is 1. The second kappa shape index (κ2) is 8.56. The van der Waals surface area contributed by atoms with Gasteiger partial charge in [-0.25, -0.2) is 0 Å². The molecule has 0 heterocycles. The Labute approximate surface area is 158 Å².